The van der Waals surface area contributed by atoms with E-state index in [0.29, 0.717) is 24.0 Å². The van der Waals surface area contributed by atoms with Crippen LogP contribution >= 0.6 is 22.9 Å². The van der Waals surface area contributed by atoms with E-state index in [1.165, 1.54) is 11.3 Å². The molecule has 6 heteroatoms. The molecule has 1 aliphatic heterocycles. The Hall–Kier alpha value is -1.59. The number of hydrogen-bond donors (Lipinski definition) is 0. The summed E-state index contributed by atoms with van der Waals surface area (Å²) in [6.07, 6.45) is 1.60. The molecule has 0 bridgehead atoms. The highest BCUT2D eigenvalue weighted by Gasteiger charge is 2.33. The fraction of sp³-hybridized carbons (Fsp3) is 0.231. The number of halogens is 1. The first-order valence-corrected chi connectivity index (χ1v) is 7.15. The maximum atomic E-state index is 12.0. The lowest BCUT2D eigenvalue weighted by Gasteiger charge is -2.38. The fourth-order valence-electron chi connectivity index (χ4n) is 1.86. The molecule has 1 amide bonds. The first-order chi connectivity index (χ1) is 9.24. The van der Waals surface area contributed by atoms with Gasteiger partial charge in [-0.3, -0.25) is 4.79 Å². The van der Waals surface area contributed by atoms with E-state index in [1.54, 1.807) is 23.2 Å². The van der Waals surface area contributed by atoms with Crippen molar-refractivity contribution in [3.63, 3.8) is 0 Å². The molecule has 0 aromatic carbocycles. The van der Waals surface area contributed by atoms with Gasteiger partial charge in [0.2, 0.25) is 5.88 Å². The molecule has 0 unspecified atom stereocenters. The average molecular weight is 295 g/mol. The summed E-state index contributed by atoms with van der Waals surface area (Å²) in [6, 6.07) is 5.32. The number of aromatic nitrogens is 1. The Bertz CT molecular complexity index is 582. The molecule has 4 nitrogen and oxygen atoms in total. The van der Waals surface area contributed by atoms with E-state index in [0.717, 1.165) is 5.56 Å². The Morgan fingerprint density at radius 3 is 3.00 bits per heavy atom. The van der Waals surface area contributed by atoms with E-state index in [-0.39, 0.29) is 12.0 Å². The SMILES string of the molecule is O=C(c1ccsc1)N1CC(Oc2ncccc2Cl)C1. The second kappa shape index (κ2) is 5.19. The minimum atomic E-state index is -0.0324. The maximum absolute atomic E-state index is 12.0. The molecular weight excluding hydrogens is 284 g/mol. The predicted molar refractivity (Wildman–Crippen MR) is 73.9 cm³/mol. The van der Waals surface area contributed by atoms with Crippen LogP contribution in [0.25, 0.3) is 0 Å². The number of thiophene rings is 1. The molecular formula is C13H11ClN2O2S. The molecule has 0 saturated carbocycles. The van der Waals surface area contributed by atoms with Crippen molar-refractivity contribution in [3.05, 3.63) is 45.7 Å². The summed E-state index contributed by atoms with van der Waals surface area (Å²) in [6.45, 7) is 1.14. The van der Waals surface area contributed by atoms with Crippen LogP contribution in [0.4, 0.5) is 0 Å². The van der Waals surface area contributed by atoms with Crippen LogP contribution in [-0.2, 0) is 0 Å². The lowest BCUT2D eigenvalue weighted by atomic mass is 10.1. The molecule has 0 radical (unpaired) electrons. The van der Waals surface area contributed by atoms with Gasteiger partial charge in [0.1, 0.15) is 11.1 Å². The zero-order chi connectivity index (χ0) is 13.2. The third-order valence-electron chi connectivity index (χ3n) is 2.91. The Kier molecular flexibility index (Phi) is 3.40. The number of hydrogen-bond acceptors (Lipinski definition) is 4. The van der Waals surface area contributed by atoms with Gasteiger partial charge in [-0.2, -0.15) is 11.3 Å². The predicted octanol–water partition coefficient (Wildman–Crippen LogP) is 2.70. The molecule has 19 heavy (non-hydrogen) atoms. The minimum absolute atomic E-state index is 0.0324. The van der Waals surface area contributed by atoms with Crippen molar-refractivity contribution in [3.8, 4) is 5.88 Å². The largest absolute Gasteiger partial charge is 0.470 e. The topological polar surface area (TPSA) is 42.4 Å². The van der Waals surface area contributed by atoms with Gasteiger partial charge in [0, 0.05) is 11.6 Å². The summed E-state index contributed by atoms with van der Waals surface area (Å²) in [5.41, 5.74) is 0.735. The van der Waals surface area contributed by atoms with Crippen LogP contribution in [0.3, 0.4) is 0 Å². The highest BCUT2D eigenvalue weighted by Crippen LogP contribution is 2.24. The molecule has 0 N–H and O–H groups in total. The van der Waals surface area contributed by atoms with Gasteiger partial charge in [-0.05, 0) is 23.6 Å². The van der Waals surface area contributed by atoms with Crippen LogP contribution in [-0.4, -0.2) is 35.0 Å². The standard InChI is InChI=1S/C13H11ClN2O2S/c14-11-2-1-4-15-12(11)18-10-6-16(7-10)13(17)9-3-5-19-8-9/h1-5,8,10H,6-7H2. The van der Waals surface area contributed by atoms with Crippen LogP contribution in [0.1, 0.15) is 10.4 Å². The van der Waals surface area contributed by atoms with Crippen molar-refractivity contribution >= 4 is 28.8 Å². The van der Waals surface area contributed by atoms with Crippen molar-refractivity contribution in [1.29, 1.82) is 0 Å². The normalized spacial score (nSPS) is 15.1. The maximum Gasteiger partial charge on any atom is 0.254 e. The van der Waals surface area contributed by atoms with Crippen LogP contribution in [0.5, 0.6) is 5.88 Å². The Morgan fingerprint density at radius 2 is 2.32 bits per heavy atom. The molecule has 0 spiro atoms. The van der Waals surface area contributed by atoms with Crippen molar-refractivity contribution < 1.29 is 9.53 Å². The summed E-state index contributed by atoms with van der Waals surface area (Å²) in [5.74, 6) is 0.477. The van der Waals surface area contributed by atoms with E-state index < -0.39 is 0 Å². The molecule has 3 rings (SSSR count). The van der Waals surface area contributed by atoms with Crippen LogP contribution in [0, 0.1) is 0 Å². The Balaban J connectivity index is 1.56. The van der Waals surface area contributed by atoms with Crippen LogP contribution < -0.4 is 4.74 Å². The van der Waals surface area contributed by atoms with E-state index in [2.05, 4.69) is 4.98 Å². The molecule has 1 fully saturated rings. The smallest absolute Gasteiger partial charge is 0.254 e. The molecule has 1 aliphatic rings. The summed E-state index contributed by atoms with van der Waals surface area (Å²) < 4.78 is 5.64. The molecule has 98 valence electrons. The number of carbonyl (C=O) groups excluding carboxylic acids is 1. The number of nitrogens with zero attached hydrogens (tertiary/aromatic N) is 2. The summed E-state index contributed by atoms with van der Waals surface area (Å²) in [4.78, 5) is 17.8. The van der Waals surface area contributed by atoms with Gasteiger partial charge < -0.3 is 9.64 Å². The summed E-state index contributed by atoms with van der Waals surface area (Å²) in [7, 11) is 0. The van der Waals surface area contributed by atoms with Gasteiger partial charge in [-0.1, -0.05) is 11.6 Å². The number of carbonyl (C=O) groups is 1. The number of pyridine rings is 1. The second-order valence-electron chi connectivity index (χ2n) is 4.25. The molecule has 1 saturated heterocycles. The van der Waals surface area contributed by atoms with Crippen molar-refractivity contribution in [2.75, 3.05) is 13.1 Å². The first-order valence-electron chi connectivity index (χ1n) is 5.82. The van der Waals surface area contributed by atoms with E-state index in [4.69, 9.17) is 16.3 Å². The van der Waals surface area contributed by atoms with Crippen molar-refractivity contribution in [2.45, 2.75) is 6.10 Å². The molecule has 2 aromatic rings. The van der Waals surface area contributed by atoms with Crippen molar-refractivity contribution in [2.24, 2.45) is 0 Å². The van der Waals surface area contributed by atoms with E-state index in [9.17, 15) is 4.79 Å². The molecule has 0 aliphatic carbocycles. The average Bonchev–Trinajstić information content (AvgIpc) is 2.88. The monoisotopic (exact) mass is 294 g/mol. The Labute approximate surface area is 119 Å². The lowest BCUT2D eigenvalue weighted by Crippen LogP contribution is -2.56. The second-order valence-corrected chi connectivity index (χ2v) is 5.44. The fourth-order valence-corrected chi connectivity index (χ4v) is 2.66. The van der Waals surface area contributed by atoms with Gasteiger partial charge in [0.25, 0.3) is 5.91 Å². The van der Waals surface area contributed by atoms with Crippen LogP contribution in [0.2, 0.25) is 5.02 Å². The zero-order valence-corrected chi connectivity index (χ0v) is 11.5. The number of likely N-dealkylation sites (tertiary alicyclic amines) is 1. The van der Waals surface area contributed by atoms with Gasteiger partial charge in [0.05, 0.1) is 18.7 Å². The first kappa shape index (κ1) is 12.4. The summed E-state index contributed by atoms with van der Waals surface area (Å²) in [5, 5.41) is 4.24. The van der Waals surface area contributed by atoms with Crippen molar-refractivity contribution in [1.82, 2.24) is 9.88 Å². The van der Waals surface area contributed by atoms with Crippen LogP contribution in [0.15, 0.2) is 35.2 Å². The van der Waals surface area contributed by atoms with Gasteiger partial charge >= 0.3 is 0 Å². The lowest BCUT2D eigenvalue weighted by molar-refractivity contribution is 0.0161. The highest BCUT2D eigenvalue weighted by atomic mass is 35.5. The highest BCUT2D eigenvalue weighted by molar-refractivity contribution is 7.08. The number of amides is 1. The zero-order valence-electron chi connectivity index (χ0n) is 9.95. The van der Waals surface area contributed by atoms with Gasteiger partial charge in [-0.15, -0.1) is 0 Å². The number of ether oxygens (including phenoxy) is 1. The van der Waals surface area contributed by atoms with E-state index in [1.807, 2.05) is 16.8 Å². The summed E-state index contributed by atoms with van der Waals surface area (Å²) >= 11 is 7.48. The van der Waals surface area contributed by atoms with Gasteiger partial charge in [-0.25, -0.2) is 4.98 Å². The molecule has 2 aromatic heterocycles. The third kappa shape index (κ3) is 2.57. The third-order valence-corrected chi connectivity index (χ3v) is 3.88. The molecule has 3 heterocycles. The minimum Gasteiger partial charge on any atom is -0.470 e. The van der Waals surface area contributed by atoms with Gasteiger partial charge in [0.15, 0.2) is 0 Å². The quantitative estimate of drug-likeness (QED) is 0.874. The van der Waals surface area contributed by atoms with E-state index >= 15 is 0 Å². The molecule has 0 atom stereocenters. The number of rotatable bonds is 3. The Morgan fingerprint density at radius 1 is 1.47 bits per heavy atom.